The van der Waals surface area contributed by atoms with E-state index in [1.54, 1.807) is 6.07 Å². The maximum atomic E-state index is 13.2. The van der Waals surface area contributed by atoms with Crippen LogP contribution < -0.4 is 18.9 Å². The summed E-state index contributed by atoms with van der Waals surface area (Å²) in [5.41, 5.74) is 2.57. The van der Waals surface area contributed by atoms with Crippen molar-refractivity contribution in [2.45, 2.75) is 116 Å². The standard InChI is InChI=1S/C37H56O5/c1-6-7-8-9-10-11-12-13-14-15-16-17-18-19-20-21-22-30-23-25-31(26-24-30)27-28-32(38)35-36(41-4)33(39-2)29-34(40-3)37(35)42-5/h23-29H,6-22H2,1-5H3. The minimum atomic E-state index is -0.252. The van der Waals surface area contributed by atoms with E-state index < -0.39 is 0 Å². The summed E-state index contributed by atoms with van der Waals surface area (Å²) < 4.78 is 21.8. The summed E-state index contributed by atoms with van der Waals surface area (Å²) in [5.74, 6) is 1.20. The SMILES string of the molecule is CCCCCCCCCCCCCCCCCCc1ccc(C=CC(=O)c2c(OC)c(OC)cc(OC)c2OC)cc1. The molecule has 5 heteroatoms. The summed E-state index contributed by atoms with van der Waals surface area (Å²) >= 11 is 0. The zero-order valence-corrected chi connectivity index (χ0v) is 27.1. The monoisotopic (exact) mass is 580 g/mol. The van der Waals surface area contributed by atoms with Crippen molar-refractivity contribution in [3.05, 3.63) is 53.1 Å². The minimum absolute atomic E-state index is 0.252. The number of hydrogen-bond donors (Lipinski definition) is 0. The maximum Gasteiger partial charge on any atom is 0.193 e. The lowest BCUT2D eigenvalue weighted by atomic mass is 10.0. The van der Waals surface area contributed by atoms with Crippen molar-refractivity contribution < 1.29 is 23.7 Å². The van der Waals surface area contributed by atoms with Crippen LogP contribution in [0.15, 0.2) is 36.4 Å². The van der Waals surface area contributed by atoms with Crippen LogP contribution >= 0.6 is 0 Å². The highest BCUT2D eigenvalue weighted by Crippen LogP contribution is 2.44. The van der Waals surface area contributed by atoms with Gasteiger partial charge in [-0.15, -0.1) is 0 Å². The van der Waals surface area contributed by atoms with Crippen LogP contribution in [0.2, 0.25) is 0 Å². The third-order valence-corrected chi connectivity index (χ3v) is 7.98. The van der Waals surface area contributed by atoms with Gasteiger partial charge in [-0.3, -0.25) is 4.79 Å². The van der Waals surface area contributed by atoms with Gasteiger partial charge in [0.15, 0.2) is 28.8 Å². The molecule has 0 amide bonds. The molecule has 0 saturated heterocycles. The van der Waals surface area contributed by atoms with E-state index in [0.29, 0.717) is 23.0 Å². The predicted octanol–water partition coefficient (Wildman–Crippen LogP) is 10.4. The van der Waals surface area contributed by atoms with Crippen molar-refractivity contribution in [1.82, 2.24) is 0 Å². The average molecular weight is 581 g/mol. The highest BCUT2D eigenvalue weighted by atomic mass is 16.5. The molecular formula is C37H56O5. The minimum Gasteiger partial charge on any atom is -0.493 e. The largest absolute Gasteiger partial charge is 0.493 e. The highest BCUT2D eigenvalue weighted by Gasteiger charge is 2.25. The Labute approximate surface area is 256 Å². The van der Waals surface area contributed by atoms with Crippen LogP contribution in [0.25, 0.3) is 6.08 Å². The molecule has 0 bridgehead atoms. The molecule has 2 aromatic rings. The van der Waals surface area contributed by atoms with Gasteiger partial charge in [0.2, 0.25) is 0 Å². The van der Waals surface area contributed by atoms with Gasteiger partial charge < -0.3 is 18.9 Å². The van der Waals surface area contributed by atoms with Crippen LogP contribution in [0.1, 0.15) is 131 Å². The van der Waals surface area contributed by atoms with Crippen molar-refractivity contribution in [3.8, 4) is 23.0 Å². The van der Waals surface area contributed by atoms with Gasteiger partial charge in [0.1, 0.15) is 5.56 Å². The number of unbranched alkanes of at least 4 members (excludes halogenated alkanes) is 15. The van der Waals surface area contributed by atoms with Crippen LogP contribution in [0.3, 0.4) is 0 Å². The van der Waals surface area contributed by atoms with E-state index in [4.69, 9.17) is 18.9 Å². The molecule has 42 heavy (non-hydrogen) atoms. The molecular weight excluding hydrogens is 524 g/mol. The second-order valence-electron chi connectivity index (χ2n) is 11.2. The molecule has 5 nitrogen and oxygen atoms in total. The van der Waals surface area contributed by atoms with Crippen LogP contribution in [0.4, 0.5) is 0 Å². The second kappa shape index (κ2) is 21.7. The van der Waals surface area contributed by atoms with Crippen LogP contribution in [0, 0.1) is 0 Å². The van der Waals surface area contributed by atoms with E-state index >= 15 is 0 Å². The maximum absolute atomic E-state index is 13.2. The van der Waals surface area contributed by atoms with E-state index in [-0.39, 0.29) is 11.3 Å². The number of ketones is 1. The lowest BCUT2D eigenvalue weighted by molar-refractivity contribution is 0.104. The third-order valence-electron chi connectivity index (χ3n) is 7.98. The fourth-order valence-corrected chi connectivity index (χ4v) is 5.46. The smallest absolute Gasteiger partial charge is 0.193 e. The second-order valence-corrected chi connectivity index (χ2v) is 11.2. The zero-order valence-electron chi connectivity index (χ0n) is 27.1. The molecule has 0 aliphatic carbocycles. The molecule has 0 atom stereocenters. The van der Waals surface area contributed by atoms with E-state index in [0.717, 1.165) is 12.0 Å². The Morgan fingerprint density at radius 3 is 1.43 bits per heavy atom. The van der Waals surface area contributed by atoms with Gasteiger partial charge in [0.25, 0.3) is 0 Å². The number of ether oxygens (including phenoxy) is 4. The first kappa shape index (κ1) is 35.2. The van der Waals surface area contributed by atoms with Gasteiger partial charge in [0, 0.05) is 6.07 Å². The molecule has 2 aromatic carbocycles. The Morgan fingerprint density at radius 1 is 0.595 bits per heavy atom. The number of carbonyl (C=O) groups excluding carboxylic acids is 1. The summed E-state index contributed by atoms with van der Waals surface area (Å²) in [6.07, 6.45) is 26.6. The van der Waals surface area contributed by atoms with E-state index in [1.165, 1.54) is 143 Å². The first-order valence-electron chi connectivity index (χ1n) is 16.3. The van der Waals surface area contributed by atoms with Crippen molar-refractivity contribution in [1.29, 1.82) is 0 Å². The number of allylic oxidation sites excluding steroid dienone is 1. The molecule has 0 unspecified atom stereocenters. The number of rotatable bonds is 24. The van der Waals surface area contributed by atoms with Crippen LogP contribution in [-0.2, 0) is 6.42 Å². The highest BCUT2D eigenvalue weighted by molar-refractivity contribution is 6.11. The Kier molecular flexibility index (Phi) is 18.2. The molecule has 234 valence electrons. The fraction of sp³-hybridized carbons (Fsp3) is 0.595. The molecule has 0 aliphatic heterocycles. The van der Waals surface area contributed by atoms with Gasteiger partial charge in [-0.2, -0.15) is 0 Å². The lowest BCUT2D eigenvalue weighted by Crippen LogP contribution is -2.06. The normalized spacial score (nSPS) is 11.2. The fourth-order valence-electron chi connectivity index (χ4n) is 5.46. The number of aryl methyl sites for hydroxylation is 1. The molecule has 0 aromatic heterocycles. The third kappa shape index (κ3) is 12.5. The quantitative estimate of drug-likeness (QED) is 0.0702. The van der Waals surface area contributed by atoms with Crippen LogP contribution in [0.5, 0.6) is 23.0 Å². The van der Waals surface area contributed by atoms with E-state index in [1.807, 2.05) is 6.08 Å². The van der Waals surface area contributed by atoms with Crippen LogP contribution in [-0.4, -0.2) is 34.2 Å². The predicted molar refractivity (Wildman–Crippen MR) is 176 cm³/mol. The van der Waals surface area contributed by atoms with Gasteiger partial charge >= 0.3 is 0 Å². The van der Waals surface area contributed by atoms with Gasteiger partial charge in [-0.05, 0) is 30.0 Å². The summed E-state index contributed by atoms with van der Waals surface area (Å²) in [4.78, 5) is 13.2. The molecule has 0 saturated carbocycles. The molecule has 0 heterocycles. The summed E-state index contributed by atoms with van der Waals surface area (Å²) in [7, 11) is 6.05. The van der Waals surface area contributed by atoms with E-state index in [9.17, 15) is 4.79 Å². The van der Waals surface area contributed by atoms with Gasteiger partial charge in [-0.1, -0.05) is 134 Å². The summed E-state index contributed by atoms with van der Waals surface area (Å²) in [6, 6.07) is 10.1. The average Bonchev–Trinajstić information content (AvgIpc) is 3.02. The van der Waals surface area contributed by atoms with Gasteiger partial charge in [0.05, 0.1) is 28.4 Å². The number of benzene rings is 2. The molecule has 0 N–H and O–H groups in total. The zero-order chi connectivity index (χ0) is 30.4. The van der Waals surface area contributed by atoms with Crippen molar-refractivity contribution in [2.75, 3.05) is 28.4 Å². The Morgan fingerprint density at radius 2 is 1.02 bits per heavy atom. The molecule has 0 spiro atoms. The topological polar surface area (TPSA) is 54.0 Å². The summed E-state index contributed by atoms with van der Waals surface area (Å²) in [5, 5.41) is 0. The number of hydrogen-bond acceptors (Lipinski definition) is 5. The number of methoxy groups -OCH3 is 4. The van der Waals surface area contributed by atoms with Crippen molar-refractivity contribution in [3.63, 3.8) is 0 Å². The molecule has 0 radical (unpaired) electrons. The lowest BCUT2D eigenvalue weighted by Gasteiger charge is -2.17. The first-order valence-corrected chi connectivity index (χ1v) is 16.3. The van der Waals surface area contributed by atoms with E-state index in [2.05, 4.69) is 31.2 Å². The summed E-state index contributed by atoms with van der Waals surface area (Å²) in [6.45, 7) is 2.29. The Hall–Kier alpha value is -2.95. The molecule has 0 fully saturated rings. The molecule has 0 aliphatic rings. The Balaban J connectivity index is 1.67. The van der Waals surface area contributed by atoms with Crippen molar-refractivity contribution >= 4 is 11.9 Å². The van der Waals surface area contributed by atoms with Crippen molar-refractivity contribution in [2.24, 2.45) is 0 Å². The first-order chi connectivity index (χ1) is 20.6. The van der Waals surface area contributed by atoms with Gasteiger partial charge in [-0.25, -0.2) is 0 Å². The Bertz CT molecular complexity index is 1010. The number of carbonyl (C=O) groups is 1. The molecule has 2 rings (SSSR count).